The van der Waals surface area contributed by atoms with E-state index in [9.17, 15) is 15.3 Å². The van der Waals surface area contributed by atoms with Crippen molar-refractivity contribution in [3.05, 3.63) is 69.8 Å². The molecule has 7 heteroatoms. The minimum Gasteiger partial charge on any atom is -0.504 e. The predicted molar refractivity (Wildman–Crippen MR) is 186 cm³/mol. The van der Waals surface area contributed by atoms with E-state index < -0.39 is 5.60 Å². The monoisotopic (exact) mass is 662 g/mol. The Hall–Kier alpha value is -3.00. The number of phenolic OH excluding ortho intramolecular Hbond substituents is 2. The fraction of sp³-hybridized carbons (Fsp3) is 0.619. The van der Waals surface area contributed by atoms with E-state index in [2.05, 4.69) is 47.9 Å². The molecule has 5 fully saturated rings. The first-order valence-electron chi connectivity index (χ1n) is 19.4. The Morgan fingerprint density at radius 2 is 1.45 bits per heavy atom. The van der Waals surface area contributed by atoms with Gasteiger partial charge in [0.05, 0.1) is 16.4 Å². The molecule has 4 heterocycles. The van der Waals surface area contributed by atoms with E-state index in [0.717, 1.165) is 81.3 Å². The largest absolute Gasteiger partial charge is 0.504 e. The Bertz CT molecular complexity index is 1840. The lowest BCUT2D eigenvalue weighted by atomic mass is 9.47. The molecule has 2 aromatic carbocycles. The van der Waals surface area contributed by atoms with E-state index in [4.69, 9.17) is 9.47 Å². The van der Waals surface area contributed by atoms with Crippen molar-refractivity contribution in [2.24, 2.45) is 17.8 Å². The van der Waals surface area contributed by atoms with E-state index >= 15 is 0 Å². The molecule has 0 radical (unpaired) electrons. The minimum absolute atomic E-state index is 0.000764. The van der Waals surface area contributed by atoms with E-state index in [1.807, 2.05) is 6.07 Å². The molecule has 4 bridgehead atoms. The third kappa shape index (κ3) is 3.75. The van der Waals surface area contributed by atoms with Crippen LogP contribution in [0.2, 0.25) is 0 Å². The zero-order valence-corrected chi connectivity index (χ0v) is 29.0. The molecule has 3 N–H and O–H groups in total. The van der Waals surface area contributed by atoms with Crippen molar-refractivity contribution in [2.75, 3.05) is 26.2 Å². The number of aromatic hydroxyl groups is 2. The lowest BCUT2D eigenvalue weighted by molar-refractivity contribution is -0.196. The minimum atomic E-state index is -0.719. The maximum absolute atomic E-state index is 12.1. The third-order valence-corrected chi connectivity index (χ3v) is 15.1. The molecular formula is C42H50N2O5. The molecule has 258 valence electrons. The summed E-state index contributed by atoms with van der Waals surface area (Å²) in [5, 5.41) is 33.0. The van der Waals surface area contributed by atoms with Gasteiger partial charge in [0, 0.05) is 42.8 Å². The highest BCUT2D eigenvalue weighted by Gasteiger charge is 2.72. The fourth-order valence-corrected chi connectivity index (χ4v) is 12.5. The first kappa shape index (κ1) is 29.7. The quantitative estimate of drug-likeness (QED) is 0.376. The van der Waals surface area contributed by atoms with Gasteiger partial charge in [0.25, 0.3) is 0 Å². The second-order valence-corrected chi connectivity index (χ2v) is 17.7. The van der Waals surface area contributed by atoms with Gasteiger partial charge in [0.15, 0.2) is 23.0 Å². The second-order valence-electron chi connectivity index (χ2n) is 17.7. The number of nitrogens with zero attached hydrogens (tertiary/aromatic N) is 2. The van der Waals surface area contributed by atoms with Crippen LogP contribution in [0.4, 0.5) is 0 Å². The summed E-state index contributed by atoms with van der Waals surface area (Å²) < 4.78 is 12.8. The molecule has 2 aromatic rings. The van der Waals surface area contributed by atoms with Crippen molar-refractivity contribution in [3.8, 4) is 23.0 Å². The van der Waals surface area contributed by atoms with Crippen LogP contribution >= 0.6 is 0 Å². The highest BCUT2D eigenvalue weighted by atomic mass is 16.5. The first-order chi connectivity index (χ1) is 23.7. The van der Waals surface area contributed by atoms with E-state index in [1.54, 1.807) is 11.6 Å². The summed E-state index contributed by atoms with van der Waals surface area (Å²) in [5.74, 6) is 4.16. The van der Waals surface area contributed by atoms with Crippen LogP contribution in [0.5, 0.6) is 23.0 Å². The zero-order valence-electron chi connectivity index (χ0n) is 29.0. The van der Waals surface area contributed by atoms with Gasteiger partial charge in [0.1, 0.15) is 12.2 Å². The molecule has 10 aliphatic rings. The van der Waals surface area contributed by atoms with Crippen molar-refractivity contribution >= 4 is 0 Å². The molecular weight excluding hydrogens is 612 g/mol. The van der Waals surface area contributed by atoms with E-state index in [-0.39, 0.29) is 34.8 Å². The number of likely N-dealkylation sites (tertiary alicyclic amines) is 2. The summed E-state index contributed by atoms with van der Waals surface area (Å²) in [6, 6.07) is 8.55. The number of rotatable bonds is 4. The fourth-order valence-electron chi connectivity index (χ4n) is 12.5. The smallest absolute Gasteiger partial charge is 0.166 e. The summed E-state index contributed by atoms with van der Waals surface area (Å²) in [5.41, 5.74) is 6.90. The summed E-state index contributed by atoms with van der Waals surface area (Å²) >= 11 is 0. The second kappa shape index (κ2) is 9.86. The molecule has 49 heavy (non-hydrogen) atoms. The summed E-state index contributed by atoms with van der Waals surface area (Å²) in [4.78, 5) is 5.32. The Balaban J connectivity index is 0.000000118. The summed E-state index contributed by atoms with van der Waals surface area (Å²) in [6.45, 7) is 9.03. The van der Waals surface area contributed by atoms with Gasteiger partial charge in [-0.2, -0.15) is 0 Å². The van der Waals surface area contributed by atoms with Gasteiger partial charge in [-0.05, 0) is 130 Å². The molecule has 12 rings (SSSR count). The number of piperidine rings is 2. The van der Waals surface area contributed by atoms with Gasteiger partial charge < -0.3 is 24.8 Å². The van der Waals surface area contributed by atoms with E-state index in [0.29, 0.717) is 23.5 Å². The van der Waals surface area contributed by atoms with Crippen LogP contribution in [0.3, 0.4) is 0 Å². The standard InChI is InChI=1S/C21H27NO3.C21H23NO2/c1-12-6-7-21(24)16-10-14-4-5-15(23)18-17(14)20(21,19(12)25-18)8-9-22(16)11-13-2-3-13;1-12-2-6-15-16-10-14-5-7-17(23)19-18(14)21(15,20(12)24-19)8-9-22(16)11-13-3-4-13/h4-5,12-13,16,19,23-24H,2-3,6-11H2,1H3;2,5-7,13,16,20,23H,3-4,8-11H2,1H3/t12?,16?,19-,20-,21+;16?,20-,21-/m00/s1. The van der Waals surface area contributed by atoms with Crippen molar-refractivity contribution in [1.29, 1.82) is 0 Å². The number of phenols is 2. The normalized spacial score (nSPS) is 40.2. The van der Waals surface area contributed by atoms with Gasteiger partial charge in [-0.25, -0.2) is 0 Å². The molecule has 3 saturated carbocycles. The van der Waals surface area contributed by atoms with Crippen LogP contribution < -0.4 is 9.47 Å². The average molecular weight is 663 g/mol. The Morgan fingerprint density at radius 3 is 2.18 bits per heavy atom. The highest BCUT2D eigenvalue weighted by molar-refractivity contribution is 5.68. The van der Waals surface area contributed by atoms with Gasteiger partial charge in [-0.15, -0.1) is 0 Å². The topological polar surface area (TPSA) is 85.6 Å². The van der Waals surface area contributed by atoms with Crippen LogP contribution in [0.15, 0.2) is 47.6 Å². The van der Waals surface area contributed by atoms with Crippen molar-refractivity contribution in [3.63, 3.8) is 0 Å². The number of benzene rings is 2. The number of allylic oxidation sites excluding steroid dienone is 2. The molecule has 2 spiro atoms. The van der Waals surface area contributed by atoms with Gasteiger partial charge in [-0.1, -0.05) is 31.2 Å². The number of hydrogen-bond donors (Lipinski definition) is 3. The maximum atomic E-state index is 12.1. The van der Waals surface area contributed by atoms with Gasteiger partial charge in [-0.3, -0.25) is 9.80 Å². The Labute approximate surface area is 289 Å². The number of hydrogen-bond acceptors (Lipinski definition) is 7. The van der Waals surface area contributed by atoms with Crippen LogP contribution in [0.1, 0.15) is 87.5 Å². The molecule has 0 amide bonds. The Kier molecular flexibility index (Phi) is 5.98. The van der Waals surface area contributed by atoms with E-state index in [1.165, 1.54) is 54.5 Å². The van der Waals surface area contributed by atoms with Crippen LogP contribution in [0.25, 0.3) is 0 Å². The SMILES string of the molecule is CC1=CC=C2C3Cc4ccc(O)c5c4[C@@]2(CCN3CC2CC2)[C@H]1O5.CC1CC[C@@]2(O)C3Cc4ccc(O)c5c4[C@@]2(CCN3CC2CC2)[C@H]1O5. The van der Waals surface area contributed by atoms with Crippen LogP contribution in [0, 0.1) is 17.8 Å². The van der Waals surface area contributed by atoms with Gasteiger partial charge in [0.2, 0.25) is 0 Å². The van der Waals surface area contributed by atoms with Crippen molar-refractivity contribution < 1.29 is 24.8 Å². The van der Waals surface area contributed by atoms with Crippen molar-refractivity contribution in [1.82, 2.24) is 9.80 Å². The maximum Gasteiger partial charge on any atom is 0.166 e. The molecule has 0 aromatic heterocycles. The molecule has 7 nitrogen and oxygen atoms in total. The lowest BCUT2D eigenvalue weighted by Gasteiger charge is -2.64. The molecule has 8 atom stereocenters. The lowest BCUT2D eigenvalue weighted by Crippen LogP contribution is -2.76. The molecule has 2 saturated heterocycles. The van der Waals surface area contributed by atoms with Crippen LogP contribution in [-0.4, -0.2) is 81.2 Å². The summed E-state index contributed by atoms with van der Waals surface area (Å²) in [7, 11) is 0. The zero-order chi connectivity index (χ0) is 33.0. The third-order valence-electron chi connectivity index (χ3n) is 15.1. The van der Waals surface area contributed by atoms with Crippen LogP contribution in [-0.2, 0) is 23.7 Å². The molecule has 3 unspecified atom stereocenters. The first-order valence-corrected chi connectivity index (χ1v) is 19.4. The number of aliphatic hydroxyl groups is 1. The predicted octanol–water partition coefficient (Wildman–Crippen LogP) is 5.91. The molecule has 6 aliphatic carbocycles. The highest BCUT2D eigenvalue weighted by Crippen LogP contribution is 2.67. The van der Waals surface area contributed by atoms with Crippen molar-refractivity contribution in [2.45, 2.75) is 119 Å². The van der Waals surface area contributed by atoms with Gasteiger partial charge >= 0.3 is 0 Å². The number of ether oxygens (including phenoxy) is 2. The summed E-state index contributed by atoms with van der Waals surface area (Å²) in [6.07, 6.45) is 16.1. The molecule has 4 aliphatic heterocycles. The average Bonchev–Trinajstić information content (AvgIpc) is 4.02. The Morgan fingerprint density at radius 1 is 0.776 bits per heavy atom.